The average Bonchev–Trinajstić information content (AvgIpc) is 2.88. The van der Waals surface area contributed by atoms with Gasteiger partial charge < -0.3 is 17.1 Å². The van der Waals surface area contributed by atoms with Gasteiger partial charge in [0.15, 0.2) is 5.69 Å². The topological polar surface area (TPSA) is 40.4 Å². The van der Waals surface area contributed by atoms with E-state index >= 15 is 0 Å². The molecule has 1 heterocycles. The number of carbonyl (C=O) groups is 1. The fourth-order valence-corrected chi connectivity index (χ4v) is 6.30. The molecule has 0 spiro atoms. The fraction of sp³-hybridized carbons (Fsp3) is 0.778. The molecule has 1 aromatic rings. The van der Waals surface area contributed by atoms with Crippen molar-refractivity contribution in [2.24, 2.45) is 29.6 Å². The summed E-state index contributed by atoms with van der Waals surface area (Å²) in [6.07, 6.45) is 8.52. The van der Waals surface area contributed by atoms with Crippen LogP contribution < -0.4 is 17.4 Å². The lowest BCUT2D eigenvalue weighted by Gasteiger charge is -2.54. The summed E-state index contributed by atoms with van der Waals surface area (Å²) in [6.45, 7) is 2.60. The molecule has 128 valence electrons. The van der Waals surface area contributed by atoms with Gasteiger partial charge in [0.25, 0.3) is 0 Å². The molecule has 4 fully saturated rings. The summed E-state index contributed by atoms with van der Waals surface area (Å²) in [5.74, 6) is 4.25. The first-order valence-corrected chi connectivity index (χ1v) is 9.67. The Kier molecular flexibility index (Phi) is 5.32. The van der Waals surface area contributed by atoms with Crippen LogP contribution in [0, 0.1) is 36.5 Å². The highest BCUT2D eigenvalue weighted by Gasteiger charge is 2.48. The molecule has 4 aliphatic rings. The van der Waals surface area contributed by atoms with Gasteiger partial charge in [-0.05, 0) is 61.7 Å². The third-order valence-electron chi connectivity index (χ3n) is 6.31. The summed E-state index contributed by atoms with van der Waals surface area (Å²) in [4.78, 5) is 16.7. The molecule has 0 saturated heterocycles. The molecule has 0 amide bonds. The second-order valence-electron chi connectivity index (χ2n) is 7.70. The minimum absolute atomic E-state index is 0. The van der Waals surface area contributed by atoms with Crippen LogP contribution in [-0.4, -0.2) is 12.6 Å². The third kappa shape index (κ3) is 3.58. The number of hydrogen-bond donors (Lipinski definition) is 0. The molecule has 23 heavy (non-hydrogen) atoms. The Morgan fingerprint density at radius 3 is 2.43 bits per heavy atom. The maximum absolute atomic E-state index is 12.2. The van der Waals surface area contributed by atoms with Gasteiger partial charge in [-0.3, -0.25) is 4.79 Å². The van der Waals surface area contributed by atoms with E-state index in [4.69, 9.17) is 4.74 Å². The number of H-pyrrole nitrogens is 1. The molecule has 4 aliphatic carbocycles. The predicted octanol–water partition coefficient (Wildman–Crippen LogP) is 0.423. The van der Waals surface area contributed by atoms with E-state index in [0.29, 0.717) is 18.9 Å². The Morgan fingerprint density at radius 1 is 1.22 bits per heavy atom. The first-order valence-electron chi connectivity index (χ1n) is 8.79. The van der Waals surface area contributed by atoms with Crippen molar-refractivity contribution in [3.63, 3.8) is 0 Å². The van der Waals surface area contributed by atoms with E-state index in [9.17, 15) is 4.79 Å². The Morgan fingerprint density at radius 2 is 1.87 bits per heavy atom. The number of nitrogens with one attached hydrogen (secondary N) is 1. The Bertz CT molecular complexity index is 531. The smallest absolute Gasteiger partial charge is 0.306 e. The minimum atomic E-state index is 0. The van der Waals surface area contributed by atoms with E-state index < -0.39 is 0 Å². The van der Waals surface area contributed by atoms with E-state index in [1.807, 2.05) is 5.51 Å². The largest absolute Gasteiger partial charge is 1.00 e. The summed E-state index contributed by atoms with van der Waals surface area (Å²) < 4.78 is 5.53. The molecule has 4 saturated carbocycles. The molecule has 0 aromatic carbocycles. The highest BCUT2D eigenvalue weighted by Crippen LogP contribution is 2.57. The van der Waals surface area contributed by atoms with Crippen molar-refractivity contribution in [3.05, 3.63) is 16.1 Å². The van der Waals surface area contributed by atoms with Gasteiger partial charge in [-0.15, -0.1) is 0 Å². The third-order valence-corrected chi connectivity index (χ3v) is 7.34. The Labute approximate surface area is 148 Å². The van der Waals surface area contributed by atoms with Crippen LogP contribution in [0.5, 0.6) is 0 Å². The van der Waals surface area contributed by atoms with Crippen LogP contribution in [0.25, 0.3) is 0 Å². The Hall–Kier alpha value is -0.610. The number of esters is 1. The fourth-order valence-electron chi connectivity index (χ4n) is 5.48. The second kappa shape index (κ2) is 7.10. The molecule has 5 heteroatoms. The van der Waals surface area contributed by atoms with Crippen molar-refractivity contribution in [2.45, 2.75) is 51.9 Å². The van der Waals surface area contributed by atoms with Gasteiger partial charge in [0.05, 0.1) is 11.5 Å². The molecule has 1 aromatic heterocycles. The van der Waals surface area contributed by atoms with Gasteiger partial charge in [-0.2, -0.15) is 0 Å². The summed E-state index contributed by atoms with van der Waals surface area (Å²) in [5, 5.41) is 0. The lowest BCUT2D eigenvalue weighted by atomic mass is 9.51. The first-order chi connectivity index (χ1) is 10.7. The summed E-state index contributed by atoms with van der Waals surface area (Å²) in [6, 6.07) is 0. The standard InChI is InChI=1S/C18H25NO2S.ClH/c1-11-17(22-10-19-11)2-3-21-18(20)9-16-14-5-12-4-13(7-14)8-15(16)6-12;/h10,12-16H,2-9H2,1H3;1H. The van der Waals surface area contributed by atoms with Crippen molar-refractivity contribution in [1.29, 1.82) is 0 Å². The van der Waals surface area contributed by atoms with Gasteiger partial charge in [0.1, 0.15) is 0 Å². The van der Waals surface area contributed by atoms with Crippen LogP contribution in [0.2, 0.25) is 0 Å². The summed E-state index contributed by atoms with van der Waals surface area (Å²) in [5.41, 5.74) is 3.18. The molecule has 0 aliphatic heterocycles. The van der Waals surface area contributed by atoms with E-state index in [-0.39, 0.29) is 18.4 Å². The van der Waals surface area contributed by atoms with Gasteiger partial charge in [0, 0.05) is 19.8 Å². The van der Waals surface area contributed by atoms with E-state index in [1.165, 1.54) is 42.7 Å². The zero-order valence-corrected chi connectivity index (χ0v) is 15.3. The van der Waals surface area contributed by atoms with E-state index in [0.717, 1.165) is 30.1 Å². The first kappa shape index (κ1) is 17.2. The van der Waals surface area contributed by atoms with Crippen LogP contribution in [0.3, 0.4) is 0 Å². The molecule has 0 unspecified atom stereocenters. The molecule has 3 nitrogen and oxygen atoms in total. The highest BCUT2D eigenvalue weighted by atomic mass is 35.5. The number of thiazole rings is 1. The SMILES string of the molecule is Cc1[nH+]csc1CCOC(=O)CC1C2CC3CC(C2)CC1C3.[Cl-]. The van der Waals surface area contributed by atoms with Gasteiger partial charge in [-0.1, -0.05) is 11.3 Å². The van der Waals surface area contributed by atoms with Crippen LogP contribution in [0.15, 0.2) is 5.51 Å². The molecule has 5 rings (SSSR count). The van der Waals surface area contributed by atoms with Crippen molar-refractivity contribution in [2.75, 3.05) is 6.61 Å². The quantitative estimate of drug-likeness (QED) is 0.718. The van der Waals surface area contributed by atoms with Crippen LogP contribution in [0.1, 0.15) is 49.1 Å². The number of ether oxygens (including phenoxy) is 1. The highest BCUT2D eigenvalue weighted by molar-refractivity contribution is 7.09. The molecule has 4 bridgehead atoms. The van der Waals surface area contributed by atoms with Gasteiger partial charge >= 0.3 is 5.97 Å². The molecular formula is C18H26ClNO2S. The number of aromatic nitrogens is 1. The number of halogens is 1. The maximum atomic E-state index is 12.2. The Balaban J connectivity index is 0.00000156. The molecule has 0 atom stereocenters. The van der Waals surface area contributed by atoms with Crippen molar-refractivity contribution >= 4 is 17.3 Å². The number of hydrogen-bond acceptors (Lipinski definition) is 3. The zero-order valence-electron chi connectivity index (χ0n) is 13.7. The lowest BCUT2D eigenvalue weighted by Crippen LogP contribution is -3.00. The van der Waals surface area contributed by atoms with Crippen LogP contribution in [-0.2, 0) is 16.0 Å². The number of rotatable bonds is 5. The van der Waals surface area contributed by atoms with Gasteiger partial charge in [0.2, 0.25) is 5.51 Å². The van der Waals surface area contributed by atoms with E-state index in [2.05, 4.69) is 11.9 Å². The number of aryl methyl sites for hydroxylation is 1. The number of aromatic amines is 1. The van der Waals surface area contributed by atoms with E-state index in [1.54, 1.807) is 11.3 Å². The van der Waals surface area contributed by atoms with Crippen LogP contribution in [0.4, 0.5) is 0 Å². The maximum Gasteiger partial charge on any atom is 0.306 e. The molecule has 0 radical (unpaired) electrons. The van der Waals surface area contributed by atoms with Crippen molar-refractivity contribution in [1.82, 2.24) is 0 Å². The minimum Gasteiger partial charge on any atom is -1.00 e. The second-order valence-corrected chi connectivity index (χ2v) is 8.66. The van der Waals surface area contributed by atoms with Crippen LogP contribution >= 0.6 is 11.3 Å². The van der Waals surface area contributed by atoms with Crippen molar-refractivity contribution < 1.29 is 26.9 Å². The lowest BCUT2D eigenvalue weighted by molar-refractivity contribution is -0.380. The molecule has 1 N–H and O–H groups in total. The summed E-state index contributed by atoms with van der Waals surface area (Å²) >= 11 is 1.71. The monoisotopic (exact) mass is 355 g/mol. The molecular weight excluding hydrogens is 330 g/mol. The summed E-state index contributed by atoms with van der Waals surface area (Å²) in [7, 11) is 0. The van der Waals surface area contributed by atoms with Crippen molar-refractivity contribution in [3.8, 4) is 0 Å². The zero-order chi connectivity index (χ0) is 15.1. The average molecular weight is 356 g/mol. The predicted molar refractivity (Wildman–Crippen MR) is 85.4 cm³/mol. The number of carbonyl (C=O) groups excluding carboxylic acids is 1. The van der Waals surface area contributed by atoms with Gasteiger partial charge in [-0.25, -0.2) is 4.98 Å². The normalized spacial score (nSPS) is 34.2.